The average molecular weight is 441 g/mol. The van der Waals surface area contributed by atoms with E-state index >= 15 is 0 Å². The SMILES string of the molecule is CCCc1nn(C)c2c(=O)n(CCOc3ccc(OC4(C(=O)O)CCC4)cc3)c(C)nc12. The second-order valence-electron chi connectivity index (χ2n) is 8.21. The zero-order chi connectivity index (χ0) is 22.9. The molecule has 0 saturated heterocycles. The molecule has 9 nitrogen and oxygen atoms in total. The summed E-state index contributed by atoms with van der Waals surface area (Å²) in [6.07, 6.45) is 3.60. The number of carbonyl (C=O) groups is 1. The lowest BCUT2D eigenvalue weighted by Gasteiger charge is -2.37. The number of rotatable bonds is 9. The third-order valence-corrected chi connectivity index (χ3v) is 5.96. The number of fused-ring (bicyclic) bond motifs is 1. The van der Waals surface area contributed by atoms with E-state index in [2.05, 4.69) is 17.0 Å². The predicted molar refractivity (Wildman–Crippen MR) is 118 cm³/mol. The fourth-order valence-electron chi connectivity index (χ4n) is 4.03. The first-order valence-corrected chi connectivity index (χ1v) is 10.9. The van der Waals surface area contributed by atoms with Gasteiger partial charge in [0, 0.05) is 7.05 Å². The second-order valence-corrected chi connectivity index (χ2v) is 8.21. The Bertz CT molecular complexity index is 1190. The van der Waals surface area contributed by atoms with E-state index in [1.54, 1.807) is 40.6 Å². The van der Waals surface area contributed by atoms with Crippen molar-refractivity contribution in [1.29, 1.82) is 0 Å². The Balaban J connectivity index is 1.43. The van der Waals surface area contributed by atoms with Crippen LogP contribution in [0.4, 0.5) is 0 Å². The summed E-state index contributed by atoms with van der Waals surface area (Å²) in [5.74, 6) is 0.812. The fourth-order valence-corrected chi connectivity index (χ4v) is 4.03. The Hall–Kier alpha value is -3.36. The van der Waals surface area contributed by atoms with Crippen molar-refractivity contribution in [3.05, 3.63) is 46.1 Å². The molecule has 0 spiro atoms. The second kappa shape index (κ2) is 8.64. The molecule has 1 aliphatic rings. The van der Waals surface area contributed by atoms with Gasteiger partial charge in [-0.2, -0.15) is 5.10 Å². The Morgan fingerprint density at radius 3 is 2.50 bits per heavy atom. The maximum Gasteiger partial charge on any atom is 0.348 e. The number of benzene rings is 1. The molecule has 1 fully saturated rings. The van der Waals surface area contributed by atoms with Crippen molar-refractivity contribution in [3.8, 4) is 11.5 Å². The lowest BCUT2D eigenvalue weighted by Crippen LogP contribution is -2.50. The van der Waals surface area contributed by atoms with Gasteiger partial charge in [-0.25, -0.2) is 9.78 Å². The van der Waals surface area contributed by atoms with E-state index in [4.69, 9.17) is 9.47 Å². The summed E-state index contributed by atoms with van der Waals surface area (Å²) in [6, 6.07) is 6.88. The van der Waals surface area contributed by atoms with Crippen molar-refractivity contribution in [2.45, 2.75) is 58.1 Å². The first kappa shape index (κ1) is 21.9. The van der Waals surface area contributed by atoms with Crippen LogP contribution >= 0.6 is 0 Å². The molecule has 0 unspecified atom stereocenters. The zero-order valence-electron chi connectivity index (χ0n) is 18.6. The molecule has 1 saturated carbocycles. The minimum Gasteiger partial charge on any atom is -0.492 e. The number of nitrogens with zero attached hydrogens (tertiary/aromatic N) is 4. The zero-order valence-corrected chi connectivity index (χ0v) is 18.6. The largest absolute Gasteiger partial charge is 0.492 e. The topological polar surface area (TPSA) is 108 Å². The van der Waals surface area contributed by atoms with Crippen LogP contribution in [0.25, 0.3) is 11.0 Å². The van der Waals surface area contributed by atoms with Crippen LogP contribution in [0.2, 0.25) is 0 Å². The van der Waals surface area contributed by atoms with Crippen LogP contribution < -0.4 is 15.0 Å². The summed E-state index contributed by atoms with van der Waals surface area (Å²) < 4.78 is 14.7. The highest BCUT2D eigenvalue weighted by Crippen LogP contribution is 2.37. The van der Waals surface area contributed by atoms with E-state index in [0.717, 1.165) is 25.0 Å². The third kappa shape index (κ3) is 3.94. The molecular formula is C23H28N4O5. The summed E-state index contributed by atoms with van der Waals surface area (Å²) in [5.41, 5.74) is 0.799. The first-order valence-electron chi connectivity index (χ1n) is 10.9. The van der Waals surface area contributed by atoms with Crippen LogP contribution in [-0.2, 0) is 24.8 Å². The molecule has 170 valence electrons. The lowest BCUT2D eigenvalue weighted by atomic mass is 9.80. The van der Waals surface area contributed by atoms with Crippen LogP contribution in [0.1, 0.15) is 44.1 Å². The van der Waals surface area contributed by atoms with Crippen LogP contribution in [0.5, 0.6) is 11.5 Å². The van der Waals surface area contributed by atoms with Crippen molar-refractivity contribution in [2.75, 3.05) is 6.61 Å². The van der Waals surface area contributed by atoms with Crippen LogP contribution in [0, 0.1) is 6.92 Å². The molecule has 1 N–H and O–H groups in total. The van der Waals surface area contributed by atoms with Gasteiger partial charge in [0.1, 0.15) is 29.4 Å². The lowest BCUT2D eigenvalue weighted by molar-refractivity contribution is -0.163. The average Bonchev–Trinajstić information content (AvgIpc) is 3.03. The summed E-state index contributed by atoms with van der Waals surface area (Å²) in [5, 5.41) is 13.9. The summed E-state index contributed by atoms with van der Waals surface area (Å²) in [4.78, 5) is 29.1. The molecule has 3 aromatic rings. The van der Waals surface area contributed by atoms with E-state index in [-0.39, 0.29) is 12.2 Å². The number of hydrogen-bond acceptors (Lipinski definition) is 6. The fraction of sp³-hybridized carbons (Fsp3) is 0.478. The maximum atomic E-state index is 13.0. The van der Waals surface area contributed by atoms with E-state index in [1.807, 2.05) is 6.92 Å². The number of aliphatic carboxylic acids is 1. The molecule has 0 amide bonds. The summed E-state index contributed by atoms with van der Waals surface area (Å²) >= 11 is 0. The van der Waals surface area contributed by atoms with E-state index in [1.165, 1.54) is 0 Å². The Morgan fingerprint density at radius 2 is 1.91 bits per heavy atom. The number of aromatic nitrogens is 4. The van der Waals surface area contributed by atoms with Gasteiger partial charge < -0.3 is 14.6 Å². The molecule has 32 heavy (non-hydrogen) atoms. The molecule has 4 rings (SSSR count). The van der Waals surface area contributed by atoms with Gasteiger partial charge >= 0.3 is 5.97 Å². The summed E-state index contributed by atoms with van der Waals surface area (Å²) in [6.45, 7) is 4.52. The van der Waals surface area contributed by atoms with Gasteiger partial charge in [-0.3, -0.25) is 14.0 Å². The molecular weight excluding hydrogens is 412 g/mol. The van der Waals surface area contributed by atoms with Crippen molar-refractivity contribution in [2.24, 2.45) is 7.05 Å². The monoisotopic (exact) mass is 440 g/mol. The predicted octanol–water partition coefficient (Wildman–Crippen LogP) is 2.86. The highest BCUT2D eigenvalue weighted by molar-refractivity contribution is 5.79. The van der Waals surface area contributed by atoms with Gasteiger partial charge in [-0.15, -0.1) is 0 Å². The molecule has 0 aliphatic heterocycles. The number of ether oxygens (including phenoxy) is 2. The molecule has 1 aromatic carbocycles. The number of carboxylic acid groups (broad SMARTS) is 1. The van der Waals surface area contributed by atoms with Crippen molar-refractivity contribution >= 4 is 17.0 Å². The maximum absolute atomic E-state index is 13.0. The molecule has 2 aromatic heterocycles. The molecule has 1 aliphatic carbocycles. The van der Waals surface area contributed by atoms with E-state index in [9.17, 15) is 14.7 Å². The Kier molecular flexibility index (Phi) is 5.90. The minimum absolute atomic E-state index is 0.128. The van der Waals surface area contributed by atoms with Gasteiger partial charge in [-0.1, -0.05) is 13.3 Å². The Morgan fingerprint density at radius 1 is 1.22 bits per heavy atom. The van der Waals surface area contributed by atoms with Crippen molar-refractivity contribution in [3.63, 3.8) is 0 Å². The van der Waals surface area contributed by atoms with Crippen LogP contribution in [0.3, 0.4) is 0 Å². The smallest absolute Gasteiger partial charge is 0.348 e. The molecule has 0 atom stereocenters. The highest BCUT2D eigenvalue weighted by Gasteiger charge is 2.47. The van der Waals surface area contributed by atoms with Gasteiger partial charge in [0.15, 0.2) is 5.52 Å². The van der Waals surface area contributed by atoms with Gasteiger partial charge in [0.25, 0.3) is 5.56 Å². The van der Waals surface area contributed by atoms with Gasteiger partial charge in [0.05, 0.1) is 12.2 Å². The van der Waals surface area contributed by atoms with E-state index in [0.29, 0.717) is 47.7 Å². The highest BCUT2D eigenvalue weighted by atomic mass is 16.5. The molecule has 2 heterocycles. The van der Waals surface area contributed by atoms with E-state index < -0.39 is 11.6 Å². The van der Waals surface area contributed by atoms with Gasteiger partial charge in [-0.05, 0) is 56.9 Å². The quantitative estimate of drug-likeness (QED) is 0.545. The van der Waals surface area contributed by atoms with Crippen LogP contribution in [-0.4, -0.2) is 42.6 Å². The number of hydrogen-bond donors (Lipinski definition) is 1. The molecule has 0 radical (unpaired) electrons. The van der Waals surface area contributed by atoms with Crippen molar-refractivity contribution < 1.29 is 19.4 Å². The van der Waals surface area contributed by atoms with Gasteiger partial charge in [0.2, 0.25) is 5.60 Å². The number of carboxylic acids is 1. The standard InChI is InChI=1S/C23H28N4O5/c1-4-6-18-19-20(26(3)25-18)21(28)27(15(2)24-19)13-14-31-16-7-9-17(10-8-16)32-23(22(29)30)11-5-12-23/h7-10H,4-6,11-14H2,1-3H3,(H,29,30). The first-order chi connectivity index (χ1) is 15.3. The summed E-state index contributed by atoms with van der Waals surface area (Å²) in [7, 11) is 1.77. The Labute approximate surface area is 185 Å². The molecule has 0 bridgehead atoms. The normalized spacial score (nSPS) is 14.8. The van der Waals surface area contributed by atoms with Crippen molar-refractivity contribution in [1.82, 2.24) is 19.3 Å². The molecule has 9 heteroatoms. The van der Waals surface area contributed by atoms with Crippen LogP contribution in [0.15, 0.2) is 29.1 Å². The minimum atomic E-state index is -1.10. The third-order valence-electron chi connectivity index (χ3n) is 5.96. The number of aryl methyl sites for hydroxylation is 3.